The number of methoxy groups -OCH3 is 1. The Kier molecular flexibility index (Phi) is 7.03. The molecule has 0 saturated heterocycles. The van der Waals surface area contributed by atoms with Gasteiger partial charge in [-0.05, 0) is 63.9 Å². The molecule has 2 rings (SSSR count). The molecule has 2 N–H and O–H groups in total. The second-order valence-electron chi connectivity index (χ2n) is 6.45. The molecule has 1 heterocycles. The van der Waals surface area contributed by atoms with Gasteiger partial charge in [0.05, 0.1) is 18.5 Å². The lowest BCUT2D eigenvalue weighted by Crippen LogP contribution is -2.26. The van der Waals surface area contributed by atoms with E-state index < -0.39 is 0 Å². The van der Waals surface area contributed by atoms with Crippen molar-refractivity contribution in [3.05, 3.63) is 17.7 Å². The van der Waals surface area contributed by atoms with Crippen LogP contribution in [0.3, 0.4) is 0 Å². The molecule has 0 radical (unpaired) electrons. The molecule has 1 atom stereocenters. The van der Waals surface area contributed by atoms with E-state index in [1.54, 1.807) is 7.11 Å². The first-order chi connectivity index (χ1) is 11.2. The number of benzene rings is 1. The number of aryl methyl sites for hydroxylation is 1. The molecule has 1 aromatic carbocycles. The van der Waals surface area contributed by atoms with Gasteiger partial charge in [0.25, 0.3) is 0 Å². The molecule has 1 aliphatic rings. The molecule has 0 spiro atoms. The average molecular weight is 319 g/mol. The number of fused-ring (bicyclic) bond motifs is 1. The summed E-state index contributed by atoms with van der Waals surface area (Å²) in [7, 11) is 1.75. The lowest BCUT2D eigenvalue weighted by Gasteiger charge is -2.25. The summed E-state index contributed by atoms with van der Waals surface area (Å²) in [4.78, 5) is 2.49. The van der Waals surface area contributed by atoms with Crippen LogP contribution in [-0.2, 0) is 6.42 Å². The van der Waals surface area contributed by atoms with Gasteiger partial charge in [0.1, 0.15) is 5.75 Å². The van der Waals surface area contributed by atoms with Gasteiger partial charge in [-0.2, -0.15) is 0 Å². The number of hydrogen-bond donors (Lipinski definition) is 2. The summed E-state index contributed by atoms with van der Waals surface area (Å²) < 4.78 is 5.47. The lowest BCUT2D eigenvalue weighted by molar-refractivity contribution is 0.295. The maximum atomic E-state index is 5.47. The number of anilines is 2. The van der Waals surface area contributed by atoms with Crippen molar-refractivity contribution in [2.75, 3.05) is 43.9 Å². The van der Waals surface area contributed by atoms with Gasteiger partial charge in [0.2, 0.25) is 0 Å². The zero-order valence-electron chi connectivity index (χ0n) is 15.2. The Bertz CT molecular complexity index is 486. The zero-order valence-corrected chi connectivity index (χ0v) is 15.2. The maximum absolute atomic E-state index is 5.47. The van der Waals surface area contributed by atoms with Crippen LogP contribution in [0.1, 0.15) is 45.6 Å². The van der Waals surface area contributed by atoms with Gasteiger partial charge in [0, 0.05) is 18.7 Å². The summed E-state index contributed by atoms with van der Waals surface area (Å²) in [5.74, 6) is 0.949. The van der Waals surface area contributed by atoms with E-state index in [4.69, 9.17) is 4.74 Å². The summed E-state index contributed by atoms with van der Waals surface area (Å²) >= 11 is 0. The molecule has 0 bridgehead atoms. The topological polar surface area (TPSA) is 36.5 Å². The third-order valence-corrected chi connectivity index (χ3v) is 4.76. The number of nitrogens with one attached hydrogen (secondary N) is 2. The number of nitrogens with zero attached hydrogens (tertiary/aromatic N) is 1. The first-order valence-electron chi connectivity index (χ1n) is 9.11. The van der Waals surface area contributed by atoms with E-state index in [2.05, 4.69) is 48.4 Å². The van der Waals surface area contributed by atoms with E-state index in [0.717, 1.165) is 31.8 Å². The first-order valence-corrected chi connectivity index (χ1v) is 9.11. The molecular weight excluding hydrogens is 286 g/mol. The highest BCUT2D eigenvalue weighted by Gasteiger charge is 2.16. The van der Waals surface area contributed by atoms with E-state index in [0.29, 0.717) is 6.04 Å². The zero-order chi connectivity index (χ0) is 16.7. The van der Waals surface area contributed by atoms with Crippen molar-refractivity contribution in [2.24, 2.45) is 0 Å². The fraction of sp³-hybridized carbons (Fsp3) is 0.684. The number of hydrogen-bond acceptors (Lipinski definition) is 4. The molecule has 1 aromatic rings. The van der Waals surface area contributed by atoms with E-state index in [-0.39, 0.29) is 0 Å². The van der Waals surface area contributed by atoms with Crippen molar-refractivity contribution < 1.29 is 4.74 Å². The number of rotatable bonds is 9. The molecule has 4 heteroatoms. The molecule has 0 aromatic heterocycles. The smallest absolute Gasteiger partial charge is 0.121 e. The lowest BCUT2D eigenvalue weighted by atomic mass is 10.0. The molecule has 23 heavy (non-hydrogen) atoms. The van der Waals surface area contributed by atoms with E-state index in [1.165, 1.54) is 42.7 Å². The third kappa shape index (κ3) is 5.03. The van der Waals surface area contributed by atoms with Gasteiger partial charge in [0.15, 0.2) is 0 Å². The molecule has 0 fully saturated rings. The predicted octanol–water partition coefficient (Wildman–Crippen LogP) is 3.98. The summed E-state index contributed by atoms with van der Waals surface area (Å²) in [5, 5.41) is 7.25. The van der Waals surface area contributed by atoms with Gasteiger partial charge in [-0.15, -0.1) is 0 Å². The van der Waals surface area contributed by atoms with Crippen LogP contribution in [0, 0.1) is 0 Å². The highest BCUT2D eigenvalue weighted by atomic mass is 16.5. The van der Waals surface area contributed by atoms with Crippen LogP contribution in [0.5, 0.6) is 5.75 Å². The Morgan fingerprint density at radius 1 is 1.30 bits per heavy atom. The van der Waals surface area contributed by atoms with Crippen molar-refractivity contribution in [1.82, 2.24) is 4.90 Å². The normalized spacial score (nSPS) is 15.0. The van der Waals surface area contributed by atoms with Gasteiger partial charge in [-0.25, -0.2) is 0 Å². The Labute approximate surface area is 141 Å². The Morgan fingerprint density at radius 3 is 2.78 bits per heavy atom. The van der Waals surface area contributed by atoms with E-state index in [1.807, 2.05) is 0 Å². The minimum absolute atomic E-state index is 0.463. The molecule has 0 amide bonds. The van der Waals surface area contributed by atoms with Crippen molar-refractivity contribution in [2.45, 2.75) is 52.5 Å². The summed E-state index contributed by atoms with van der Waals surface area (Å²) in [6, 6.07) is 4.75. The average Bonchev–Trinajstić information content (AvgIpc) is 2.58. The van der Waals surface area contributed by atoms with Crippen molar-refractivity contribution in [1.29, 1.82) is 0 Å². The highest BCUT2D eigenvalue weighted by molar-refractivity contribution is 5.75. The van der Waals surface area contributed by atoms with Crippen LogP contribution in [0.15, 0.2) is 12.1 Å². The second-order valence-corrected chi connectivity index (χ2v) is 6.45. The van der Waals surface area contributed by atoms with Crippen molar-refractivity contribution >= 4 is 11.4 Å². The van der Waals surface area contributed by atoms with Crippen LogP contribution >= 0.6 is 0 Å². The SMILES string of the molecule is CCN(CC)CCCC(C)Nc1cc(OC)cc2c1NCCC2. The first kappa shape index (κ1) is 17.9. The van der Waals surface area contributed by atoms with Crippen molar-refractivity contribution in [3.8, 4) is 5.75 Å². The largest absolute Gasteiger partial charge is 0.497 e. The van der Waals surface area contributed by atoms with Gasteiger partial charge < -0.3 is 20.3 Å². The molecule has 0 saturated carbocycles. The fourth-order valence-corrected chi connectivity index (χ4v) is 3.30. The summed E-state index contributed by atoms with van der Waals surface area (Å²) in [6.45, 7) is 11.3. The maximum Gasteiger partial charge on any atom is 0.121 e. The monoisotopic (exact) mass is 319 g/mol. The minimum Gasteiger partial charge on any atom is -0.497 e. The fourth-order valence-electron chi connectivity index (χ4n) is 3.30. The third-order valence-electron chi connectivity index (χ3n) is 4.76. The molecule has 4 nitrogen and oxygen atoms in total. The summed E-state index contributed by atoms with van der Waals surface area (Å²) in [6.07, 6.45) is 4.74. The van der Waals surface area contributed by atoms with Crippen LogP contribution in [0.25, 0.3) is 0 Å². The van der Waals surface area contributed by atoms with E-state index >= 15 is 0 Å². The Morgan fingerprint density at radius 2 is 2.09 bits per heavy atom. The van der Waals surface area contributed by atoms with Crippen LogP contribution in [-0.4, -0.2) is 44.2 Å². The Hall–Kier alpha value is -1.42. The van der Waals surface area contributed by atoms with E-state index in [9.17, 15) is 0 Å². The predicted molar refractivity (Wildman–Crippen MR) is 99.9 cm³/mol. The molecule has 1 aliphatic heterocycles. The molecular formula is C19H33N3O. The van der Waals surface area contributed by atoms with Crippen LogP contribution in [0.2, 0.25) is 0 Å². The molecule has 1 unspecified atom stereocenters. The minimum atomic E-state index is 0.463. The molecule has 130 valence electrons. The molecule has 0 aliphatic carbocycles. The highest BCUT2D eigenvalue weighted by Crippen LogP contribution is 2.35. The quantitative estimate of drug-likeness (QED) is 0.722. The van der Waals surface area contributed by atoms with Gasteiger partial charge in [-0.3, -0.25) is 0 Å². The van der Waals surface area contributed by atoms with Crippen LogP contribution in [0.4, 0.5) is 11.4 Å². The van der Waals surface area contributed by atoms with Gasteiger partial charge >= 0.3 is 0 Å². The van der Waals surface area contributed by atoms with Crippen molar-refractivity contribution in [3.63, 3.8) is 0 Å². The Balaban J connectivity index is 1.96. The summed E-state index contributed by atoms with van der Waals surface area (Å²) in [5.41, 5.74) is 3.83. The second kappa shape index (κ2) is 9.02. The number of ether oxygens (including phenoxy) is 1. The van der Waals surface area contributed by atoms with Crippen LogP contribution < -0.4 is 15.4 Å². The van der Waals surface area contributed by atoms with Gasteiger partial charge in [-0.1, -0.05) is 13.8 Å². The standard InChI is InChI=1S/C19H33N3O/c1-5-22(6-2)12-8-9-15(3)21-18-14-17(23-4)13-16-10-7-11-20-19(16)18/h13-15,20-21H,5-12H2,1-4H3.